The summed E-state index contributed by atoms with van der Waals surface area (Å²) in [5, 5.41) is 2.61. The van der Waals surface area contributed by atoms with E-state index in [1.54, 1.807) is 0 Å². The fourth-order valence-corrected chi connectivity index (χ4v) is 1.21. The molecule has 0 aliphatic carbocycles. The van der Waals surface area contributed by atoms with Crippen LogP contribution in [-0.2, 0) is 4.79 Å². The van der Waals surface area contributed by atoms with Crippen molar-refractivity contribution in [1.29, 1.82) is 0 Å². The van der Waals surface area contributed by atoms with Crippen LogP contribution >= 0.6 is 0 Å². The van der Waals surface area contributed by atoms with Gasteiger partial charge in [-0.05, 0) is 30.0 Å². The third-order valence-corrected chi connectivity index (χ3v) is 2.32. The molecule has 0 heterocycles. The van der Waals surface area contributed by atoms with Gasteiger partial charge < -0.3 is 5.32 Å². The first-order chi connectivity index (χ1) is 6.27. The SMILES string of the molecule is CCC(C)c1ccc(NC=O)cc1. The minimum atomic E-state index is 0.588. The van der Waals surface area contributed by atoms with Crippen molar-refractivity contribution >= 4 is 12.1 Å². The highest BCUT2D eigenvalue weighted by molar-refractivity contribution is 5.71. The molecule has 2 nitrogen and oxygen atoms in total. The molecule has 0 saturated carbocycles. The zero-order valence-electron chi connectivity index (χ0n) is 8.08. The van der Waals surface area contributed by atoms with E-state index in [4.69, 9.17) is 0 Å². The number of amides is 1. The van der Waals surface area contributed by atoms with Gasteiger partial charge in [-0.25, -0.2) is 0 Å². The second-order valence-electron chi connectivity index (χ2n) is 3.19. The monoisotopic (exact) mass is 177 g/mol. The zero-order chi connectivity index (χ0) is 9.68. The Bertz CT molecular complexity index is 266. The molecule has 1 amide bonds. The number of carbonyl (C=O) groups excluding carboxylic acids is 1. The molecule has 1 atom stereocenters. The third-order valence-electron chi connectivity index (χ3n) is 2.32. The van der Waals surface area contributed by atoms with Crippen LogP contribution in [0.3, 0.4) is 0 Å². The van der Waals surface area contributed by atoms with E-state index in [-0.39, 0.29) is 0 Å². The summed E-state index contributed by atoms with van der Waals surface area (Å²) < 4.78 is 0. The predicted molar refractivity (Wildman–Crippen MR) is 54.8 cm³/mol. The number of hydrogen-bond acceptors (Lipinski definition) is 1. The van der Waals surface area contributed by atoms with Crippen LogP contribution in [0, 0.1) is 0 Å². The van der Waals surface area contributed by atoms with Gasteiger partial charge in [0.1, 0.15) is 0 Å². The summed E-state index contributed by atoms with van der Waals surface area (Å²) in [6, 6.07) is 7.96. The lowest BCUT2D eigenvalue weighted by molar-refractivity contribution is -0.105. The Kier molecular flexibility index (Phi) is 3.50. The van der Waals surface area contributed by atoms with E-state index in [0.29, 0.717) is 12.3 Å². The molecule has 1 unspecified atom stereocenters. The van der Waals surface area contributed by atoms with Gasteiger partial charge in [0.25, 0.3) is 0 Å². The van der Waals surface area contributed by atoms with Crippen molar-refractivity contribution in [2.45, 2.75) is 26.2 Å². The van der Waals surface area contributed by atoms with Gasteiger partial charge in [-0.2, -0.15) is 0 Å². The Morgan fingerprint density at radius 2 is 2.00 bits per heavy atom. The standard InChI is InChI=1S/C11H15NO/c1-3-9(2)10-4-6-11(7-5-10)12-8-13/h4-9H,3H2,1-2H3,(H,12,13). The molecule has 70 valence electrons. The van der Waals surface area contributed by atoms with Gasteiger partial charge >= 0.3 is 0 Å². The fourth-order valence-electron chi connectivity index (χ4n) is 1.21. The van der Waals surface area contributed by atoms with Crippen molar-refractivity contribution < 1.29 is 4.79 Å². The molecule has 0 fully saturated rings. The molecule has 0 saturated heterocycles. The molecule has 13 heavy (non-hydrogen) atoms. The number of anilines is 1. The zero-order valence-corrected chi connectivity index (χ0v) is 8.08. The normalized spacial score (nSPS) is 12.2. The van der Waals surface area contributed by atoms with Gasteiger partial charge in [-0.3, -0.25) is 4.79 Å². The average Bonchev–Trinajstić information content (AvgIpc) is 2.18. The number of hydrogen-bond donors (Lipinski definition) is 1. The van der Waals surface area contributed by atoms with Crippen LogP contribution in [0.1, 0.15) is 31.7 Å². The molecule has 0 bridgehead atoms. The molecular weight excluding hydrogens is 162 g/mol. The van der Waals surface area contributed by atoms with Crippen LogP contribution in [0.5, 0.6) is 0 Å². The van der Waals surface area contributed by atoms with E-state index < -0.39 is 0 Å². The van der Waals surface area contributed by atoms with Gasteiger partial charge in [0.2, 0.25) is 6.41 Å². The fraction of sp³-hybridized carbons (Fsp3) is 0.364. The lowest BCUT2D eigenvalue weighted by Crippen LogP contribution is -1.95. The van der Waals surface area contributed by atoms with Gasteiger partial charge in [0.15, 0.2) is 0 Å². The summed E-state index contributed by atoms with van der Waals surface area (Å²) in [5.74, 6) is 0.588. The van der Waals surface area contributed by atoms with E-state index >= 15 is 0 Å². The van der Waals surface area contributed by atoms with E-state index in [9.17, 15) is 4.79 Å². The van der Waals surface area contributed by atoms with Crippen LogP contribution in [0.2, 0.25) is 0 Å². The second kappa shape index (κ2) is 4.65. The minimum absolute atomic E-state index is 0.588. The Balaban J connectivity index is 2.74. The summed E-state index contributed by atoms with van der Waals surface area (Å²) in [6.45, 7) is 4.37. The maximum absolute atomic E-state index is 10.1. The third kappa shape index (κ3) is 2.58. The Morgan fingerprint density at radius 3 is 2.46 bits per heavy atom. The lowest BCUT2D eigenvalue weighted by Gasteiger charge is -2.08. The van der Waals surface area contributed by atoms with Crippen LogP contribution < -0.4 is 5.32 Å². The predicted octanol–water partition coefficient (Wildman–Crippen LogP) is 2.77. The van der Waals surface area contributed by atoms with Crippen molar-refractivity contribution in [1.82, 2.24) is 0 Å². The molecule has 2 heteroatoms. The summed E-state index contributed by atoms with van der Waals surface area (Å²) >= 11 is 0. The number of nitrogens with one attached hydrogen (secondary N) is 1. The largest absolute Gasteiger partial charge is 0.329 e. The highest BCUT2D eigenvalue weighted by Gasteiger charge is 2.01. The highest BCUT2D eigenvalue weighted by Crippen LogP contribution is 2.19. The molecular formula is C11H15NO. The second-order valence-corrected chi connectivity index (χ2v) is 3.19. The molecule has 1 N–H and O–H groups in total. The Hall–Kier alpha value is -1.31. The van der Waals surface area contributed by atoms with E-state index in [1.165, 1.54) is 5.56 Å². The first-order valence-electron chi connectivity index (χ1n) is 4.58. The highest BCUT2D eigenvalue weighted by atomic mass is 16.1. The van der Waals surface area contributed by atoms with E-state index in [0.717, 1.165) is 12.1 Å². The first-order valence-corrected chi connectivity index (χ1v) is 4.58. The maximum Gasteiger partial charge on any atom is 0.211 e. The molecule has 1 aromatic carbocycles. The Labute approximate surface area is 79.0 Å². The van der Waals surface area contributed by atoms with Gasteiger partial charge in [-0.15, -0.1) is 0 Å². The number of carbonyl (C=O) groups is 1. The number of rotatable bonds is 4. The molecule has 0 aliphatic rings. The topological polar surface area (TPSA) is 29.1 Å². The van der Waals surface area contributed by atoms with Crippen LogP contribution in [0.15, 0.2) is 24.3 Å². The number of benzene rings is 1. The first kappa shape index (κ1) is 9.78. The molecule has 1 rings (SSSR count). The molecule has 0 spiro atoms. The summed E-state index contributed by atoms with van der Waals surface area (Å²) in [7, 11) is 0. The summed E-state index contributed by atoms with van der Waals surface area (Å²) in [5.41, 5.74) is 2.17. The molecule has 1 aromatic rings. The van der Waals surface area contributed by atoms with Crippen molar-refractivity contribution in [2.24, 2.45) is 0 Å². The van der Waals surface area contributed by atoms with Crippen LogP contribution in [-0.4, -0.2) is 6.41 Å². The average molecular weight is 177 g/mol. The smallest absolute Gasteiger partial charge is 0.211 e. The quantitative estimate of drug-likeness (QED) is 0.704. The maximum atomic E-state index is 10.1. The van der Waals surface area contributed by atoms with Crippen molar-refractivity contribution in [3.8, 4) is 0 Å². The summed E-state index contributed by atoms with van der Waals surface area (Å²) in [4.78, 5) is 10.1. The van der Waals surface area contributed by atoms with Gasteiger partial charge in [0.05, 0.1) is 0 Å². The Morgan fingerprint density at radius 1 is 1.38 bits per heavy atom. The molecule has 0 aliphatic heterocycles. The van der Waals surface area contributed by atoms with E-state index in [2.05, 4.69) is 31.3 Å². The van der Waals surface area contributed by atoms with E-state index in [1.807, 2.05) is 12.1 Å². The van der Waals surface area contributed by atoms with Gasteiger partial charge in [-0.1, -0.05) is 26.0 Å². The van der Waals surface area contributed by atoms with Crippen molar-refractivity contribution in [3.63, 3.8) is 0 Å². The van der Waals surface area contributed by atoms with Crippen LogP contribution in [0.4, 0.5) is 5.69 Å². The van der Waals surface area contributed by atoms with Crippen LogP contribution in [0.25, 0.3) is 0 Å². The van der Waals surface area contributed by atoms with Crippen molar-refractivity contribution in [2.75, 3.05) is 5.32 Å². The molecule has 0 radical (unpaired) electrons. The summed E-state index contributed by atoms with van der Waals surface area (Å²) in [6.07, 6.45) is 1.83. The molecule has 0 aromatic heterocycles. The van der Waals surface area contributed by atoms with Crippen molar-refractivity contribution in [3.05, 3.63) is 29.8 Å². The lowest BCUT2D eigenvalue weighted by atomic mass is 9.99. The minimum Gasteiger partial charge on any atom is -0.329 e. The van der Waals surface area contributed by atoms with Gasteiger partial charge in [0, 0.05) is 5.69 Å².